The Morgan fingerprint density at radius 1 is 1.10 bits per heavy atom. The Kier molecular flexibility index (Phi) is 9.39. The number of H-pyrrole nitrogens is 1. The largest absolute Gasteiger partial charge is 0.368 e. The number of carbonyl (C=O) groups excluding carboxylic acids is 3. The summed E-state index contributed by atoms with van der Waals surface area (Å²) in [5.41, 5.74) is 13.5. The zero-order valence-corrected chi connectivity index (χ0v) is 19.1. The Hall–Kier alpha value is -2.52. The Morgan fingerprint density at radius 2 is 1.77 bits per heavy atom. The molecule has 8 nitrogen and oxygen atoms in total. The molecule has 170 valence electrons. The van der Waals surface area contributed by atoms with Crippen molar-refractivity contribution in [3.63, 3.8) is 0 Å². The fourth-order valence-electron chi connectivity index (χ4n) is 3.41. The fourth-order valence-corrected chi connectivity index (χ4v) is 3.88. The summed E-state index contributed by atoms with van der Waals surface area (Å²) in [4.78, 5) is 40.5. The third kappa shape index (κ3) is 7.29. The summed E-state index contributed by atoms with van der Waals surface area (Å²) in [6, 6.07) is 5.41. The number of rotatable bonds is 12. The Morgan fingerprint density at radius 3 is 2.42 bits per heavy atom. The predicted octanol–water partition coefficient (Wildman–Crippen LogP) is 1.29. The summed E-state index contributed by atoms with van der Waals surface area (Å²) in [6.07, 6.45) is 4.95. The molecular formula is C22H33N5O3S. The van der Waals surface area contributed by atoms with E-state index in [0.717, 1.165) is 16.5 Å². The second-order valence-electron chi connectivity index (χ2n) is 8.11. The number of hydrogen-bond donors (Lipinski definition) is 5. The molecule has 0 aliphatic rings. The van der Waals surface area contributed by atoms with Gasteiger partial charge in [-0.3, -0.25) is 14.4 Å². The number of carbonyl (C=O) groups is 3. The molecule has 1 aromatic carbocycles. The molecule has 0 aliphatic carbocycles. The average Bonchev–Trinajstić information content (AvgIpc) is 3.12. The zero-order chi connectivity index (χ0) is 23.0. The summed E-state index contributed by atoms with van der Waals surface area (Å²) in [7, 11) is 0. The molecule has 3 amide bonds. The first kappa shape index (κ1) is 24.7. The third-order valence-electron chi connectivity index (χ3n) is 5.06. The van der Waals surface area contributed by atoms with Crippen molar-refractivity contribution < 1.29 is 14.4 Å². The molecule has 31 heavy (non-hydrogen) atoms. The normalized spacial score (nSPS) is 14.2. The van der Waals surface area contributed by atoms with E-state index < -0.39 is 35.8 Å². The number of nitrogens with one attached hydrogen (secondary N) is 3. The van der Waals surface area contributed by atoms with Gasteiger partial charge in [-0.05, 0) is 48.8 Å². The highest BCUT2D eigenvalue weighted by molar-refractivity contribution is 7.98. The van der Waals surface area contributed by atoms with Crippen LogP contribution in [-0.4, -0.2) is 52.8 Å². The summed E-state index contributed by atoms with van der Waals surface area (Å²) < 4.78 is 0. The van der Waals surface area contributed by atoms with Gasteiger partial charge in [0.1, 0.15) is 12.1 Å². The van der Waals surface area contributed by atoms with Gasteiger partial charge in [-0.15, -0.1) is 0 Å². The van der Waals surface area contributed by atoms with Crippen molar-refractivity contribution in [1.29, 1.82) is 0 Å². The van der Waals surface area contributed by atoms with Crippen LogP contribution in [0.5, 0.6) is 0 Å². The van der Waals surface area contributed by atoms with E-state index in [9.17, 15) is 14.4 Å². The summed E-state index contributed by atoms with van der Waals surface area (Å²) >= 11 is 1.56. The quantitative estimate of drug-likeness (QED) is 0.333. The van der Waals surface area contributed by atoms with Gasteiger partial charge in [0, 0.05) is 17.1 Å². The monoisotopic (exact) mass is 447 g/mol. The first-order chi connectivity index (χ1) is 14.7. The first-order valence-electron chi connectivity index (χ1n) is 10.4. The van der Waals surface area contributed by atoms with Crippen LogP contribution in [0.2, 0.25) is 0 Å². The van der Waals surface area contributed by atoms with Crippen LogP contribution >= 0.6 is 11.8 Å². The highest BCUT2D eigenvalue weighted by Crippen LogP contribution is 2.19. The number of benzene rings is 1. The van der Waals surface area contributed by atoms with Crippen LogP contribution < -0.4 is 22.1 Å². The lowest BCUT2D eigenvalue weighted by Crippen LogP contribution is -2.56. The van der Waals surface area contributed by atoms with Gasteiger partial charge < -0.3 is 27.1 Å². The van der Waals surface area contributed by atoms with Crippen LogP contribution in [0, 0.1) is 5.92 Å². The van der Waals surface area contributed by atoms with Gasteiger partial charge >= 0.3 is 0 Å². The lowest BCUT2D eigenvalue weighted by Gasteiger charge is -2.24. The topological polar surface area (TPSA) is 143 Å². The maximum atomic E-state index is 12.8. The number of para-hydroxylation sites is 1. The van der Waals surface area contributed by atoms with E-state index in [4.69, 9.17) is 11.5 Å². The van der Waals surface area contributed by atoms with Gasteiger partial charge in [-0.2, -0.15) is 11.8 Å². The molecule has 7 N–H and O–H groups in total. The lowest BCUT2D eigenvalue weighted by atomic mass is 10.0. The summed E-state index contributed by atoms with van der Waals surface area (Å²) in [5.74, 6) is -0.589. The summed E-state index contributed by atoms with van der Waals surface area (Å²) in [6.45, 7) is 3.91. The van der Waals surface area contributed by atoms with Crippen molar-refractivity contribution >= 4 is 40.4 Å². The number of fused-ring (bicyclic) bond motifs is 1. The van der Waals surface area contributed by atoms with E-state index in [1.165, 1.54) is 0 Å². The van der Waals surface area contributed by atoms with E-state index in [1.54, 1.807) is 11.8 Å². The molecule has 1 aromatic heterocycles. The van der Waals surface area contributed by atoms with Crippen LogP contribution in [0.1, 0.15) is 32.3 Å². The van der Waals surface area contributed by atoms with Gasteiger partial charge in [0.25, 0.3) is 0 Å². The molecule has 2 rings (SSSR count). The fraction of sp³-hybridized carbons (Fsp3) is 0.500. The van der Waals surface area contributed by atoms with E-state index in [1.807, 2.05) is 50.6 Å². The standard InChI is InChI=1S/C22H33N5O3S/c1-13(2)10-19(22(30)26-18(20(24)28)8-9-31-3)27-21(29)16(23)11-14-12-25-17-7-5-4-6-15(14)17/h4-7,12-13,16,18-19,25H,8-11,23H2,1-3H3,(H2,24,28)(H,26,30)(H,27,29)/t16-,18-,19-/m0/s1. The van der Waals surface area contributed by atoms with Gasteiger partial charge in [-0.25, -0.2) is 0 Å². The van der Waals surface area contributed by atoms with E-state index in [2.05, 4.69) is 15.6 Å². The Balaban J connectivity index is 2.05. The number of nitrogens with two attached hydrogens (primary N) is 2. The van der Waals surface area contributed by atoms with Crippen molar-refractivity contribution in [2.45, 2.75) is 51.2 Å². The number of hydrogen-bond acceptors (Lipinski definition) is 5. The SMILES string of the molecule is CSCC[C@H](NC(=O)[C@H](CC(C)C)NC(=O)[C@@H](N)Cc1c[nH]c2ccccc12)C(N)=O. The maximum Gasteiger partial charge on any atom is 0.243 e. The molecule has 0 bridgehead atoms. The van der Waals surface area contributed by atoms with Crippen molar-refractivity contribution in [1.82, 2.24) is 15.6 Å². The van der Waals surface area contributed by atoms with E-state index in [0.29, 0.717) is 25.0 Å². The minimum atomic E-state index is -0.815. The molecule has 9 heteroatoms. The second-order valence-corrected chi connectivity index (χ2v) is 9.09. The van der Waals surface area contributed by atoms with Crippen molar-refractivity contribution in [2.75, 3.05) is 12.0 Å². The number of amides is 3. The first-order valence-corrected chi connectivity index (χ1v) is 11.8. The predicted molar refractivity (Wildman–Crippen MR) is 125 cm³/mol. The molecular weight excluding hydrogens is 414 g/mol. The van der Waals surface area contributed by atoms with Gasteiger partial charge in [0.15, 0.2) is 0 Å². The maximum absolute atomic E-state index is 12.8. The van der Waals surface area contributed by atoms with Crippen LogP contribution in [0.15, 0.2) is 30.5 Å². The van der Waals surface area contributed by atoms with Crippen molar-refractivity contribution in [3.05, 3.63) is 36.0 Å². The smallest absolute Gasteiger partial charge is 0.243 e. The molecule has 3 atom stereocenters. The molecule has 0 radical (unpaired) electrons. The Bertz CT molecular complexity index is 898. The number of aromatic amines is 1. The highest BCUT2D eigenvalue weighted by Gasteiger charge is 2.28. The molecule has 0 fully saturated rings. The van der Waals surface area contributed by atoms with Crippen molar-refractivity contribution in [3.8, 4) is 0 Å². The molecule has 2 aromatic rings. The molecule has 0 saturated heterocycles. The zero-order valence-electron chi connectivity index (χ0n) is 18.3. The van der Waals surface area contributed by atoms with E-state index >= 15 is 0 Å². The summed E-state index contributed by atoms with van der Waals surface area (Å²) in [5, 5.41) is 6.46. The van der Waals surface area contributed by atoms with Crippen LogP contribution in [-0.2, 0) is 20.8 Å². The van der Waals surface area contributed by atoms with Crippen LogP contribution in [0.3, 0.4) is 0 Å². The highest BCUT2D eigenvalue weighted by atomic mass is 32.2. The van der Waals surface area contributed by atoms with Gasteiger partial charge in [0.2, 0.25) is 17.7 Å². The molecule has 0 spiro atoms. The molecule has 0 aliphatic heterocycles. The number of primary amides is 1. The van der Waals surface area contributed by atoms with Crippen LogP contribution in [0.25, 0.3) is 10.9 Å². The molecule has 0 unspecified atom stereocenters. The lowest BCUT2D eigenvalue weighted by molar-refractivity contribution is -0.132. The average molecular weight is 448 g/mol. The Labute approximate surface area is 187 Å². The van der Waals surface area contributed by atoms with Gasteiger partial charge in [0.05, 0.1) is 6.04 Å². The molecule has 1 heterocycles. The van der Waals surface area contributed by atoms with Gasteiger partial charge in [-0.1, -0.05) is 32.0 Å². The van der Waals surface area contributed by atoms with E-state index in [-0.39, 0.29) is 5.92 Å². The third-order valence-corrected chi connectivity index (χ3v) is 5.71. The number of aromatic nitrogens is 1. The molecule has 0 saturated carbocycles. The minimum Gasteiger partial charge on any atom is -0.368 e. The number of thioether (sulfide) groups is 1. The van der Waals surface area contributed by atoms with Crippen LogP contribution in [0.4, 0.5) is 0 Å². The van der Waals surface area contributed by atoms with Crippen molar-refractivity contribution in [2.24, 2.45) is 17.4 Å². The second kappa shape index (κ2) is 11.8. The minimum absolute atomic E-state index is 0.152.